The predicted molar refractivity (Wildman–Crippen MR) is 117 cm³/mol. The van der Waals surface area contributed by atoms with E-state index in [0.29, 0.717) is 5.69 Å². The highest BCUT2D eigenvalue weighted by molar-refractivity contribution is 8.00. The number of hydrogen-bond acceptors (Lipinski definition) is 5. The van der Waals surface area contributed by atoms with Gasteiger partial charge in [0.2, 0.25) is 17.7 Å². The number of para-hydroxylation sites is 1. The molecule has 0 aliphatic carbocycles. The largest absolute Gasteiger partial charge is 0.369 e. The van der Waals surface area contributed by atoms with E-state index in [-0.39, 0.29) is 30.7 Å². The van der Waals surface area contributed by atoms with Gasteiger partial charge in [-0.3, -0.25) is 19.3 Å². The molecule has 3 amide bonds. The van der Waals surface area contributed by atoms with E-state index in [2.05, 4.69) is 10.6 Å². The third-order valence-electron chi connectivity index (χ3n) is 4.24. The molecule has 0 aliphatic rings. The number of hydrogen-bond donors (Lipinski definition) is 3. The normalized spacial score (nSPS) is 10.6. The summed E-state index contributed by atoms with van der Waals surface area (Å²) in [5.41, 5.74) is 8.68. The van der Waals surface area contributed by atoms with Crippen molar-refractivity contribution in [1.29, 1.82) is 0 Å². The smallest absolute Gasteiger partial charge is 0.238 e. The van der Waals surface area contributed by atoms with Crippen LogP contribution in [0, 0.1) is 13.8 Å². The van der Waals surface area contributed by atoms with Crippen LogP contribution in [0.25, 0.3) is 0 Å². The number of thioether (sulfide) groups is 1. The molecule has 2 aromatic rings. The molecule has 0 fully saturated rings. The van der Waals surface area contributed by atoms with Gasteiger partial charge in [0.25, 0.3) is 0 Å². The lowest BCUT2D eigenvalue weighted by Crippen LogP contribution is -2.36. The van der Waals surface area contributed by atoms with Gasteiger partial charge in [0.1, 0.15) is 0 Å². The molecule has 29 heavy (non-hydrogen) atoms. The van der Waals surface area contributed by atoms with Crippen LogP contribution in [0.1, 0.15) is 11.1 Å². The van der Waals surface area contributed by atoms with E-state index < -0.39 is 5.91 Å². The summed E-state index contributed by atoms with van der Waals surface area (Å²) in [4.78, 5) is 38.1. The van der Waals surface area contributed by atoms with E-state index in [0.717, 1.165) is 21.7 Å². The molecule has 0 bridgehead atoms. The van der Waals surface area contributed by atoms with Crippen LogP contribution in [0.4, 0.5) is 11.4 Å². The molecule has 0 unspecified atom stereocenters. The molecule has 2 rings (SSSR count). The van der Waals surface area contributed by atoms with Gasteiger partial charge in [0.05, 0.1) is 24.5 Å². The zero-order valence-electron chi connectivity index (χ0n) is 16.8. The first-order chi connectivity index (χ1) is 13.8. The van der Waals surface area contributed by atoms with Crippen LogP contribution in [-0.4, -0.2) is 48.5 Å². The number of primary amides is 1. The Labute approximate surface area is 175 Å². The molecule has 2 aromatic carbocycles. The lowest BCUT2D eigenvalue weighted by Gasteiger charge is -2.17. The quantitative estimate of drug-likeness (QED) is 0.547. The van der Waals surface area contributed by atoms with Gasteiger partial charge in [0.15, 0.2) is 0 Å². The van der Waals surface area contributed by atoms with Crippen molar-refractivity contribution in [2.24, 2.45) is 5.73 Å². The Morgan fingerprint density at radius 2 is 1.52 bits per heavy atom. The van der Waals surface area contributed by atoms with Crippen LogP contribution in [0.3, 0.4) is 0 Å². The number of benzene rings is 2. The minimum Gasteiger partial charge on any atom is -0.369 e. The summed E-state index contributed by atoms with van der Waals surface area (Å²) >= 11 is 1.26. The Morgan fingerprint density at radius 1 is 0.931 bits per heavy atom. The Hall–Kier alpha value is -2.84. The zero-order valence-corrected chi connectivity index (χ0v) is 17.6. The molecule has 0 saturated carbocycles. The van der Waals surface area contributed by atoms with Gasteiger partial charge in [0, 0.05) is 10.6 Å². The molecule has 0 saturated heterocycles. The molecule has 0 radical (unpaired) electrons. The Bertz CT molecular complexity index is 901. The Morgan fingerprint density at radius 3 is 2.17 bits per heavy atom. The first-order valence-electron chi connectivity index (χ1n) is 9.11. The van der Waals surface area contributed by atoms with Crippen molar-refractivity contribution in [2.75, 3.05) is 36.5 Å². The molecule has 0 spiro atoms. The highest BCUT2D eigenvalue weighted by Crippen LogP contribution is 2.26. The molecule has 8 heteroatoms. The van der Waals surface area contributed by atoms with Gasteiger partial charge in [-0.1, -0.05) is 24.3 Å². The molecule has 7 nitrogen and oxygen atoms in total. The van der Waals surface area contributed by atoms with E-state index in [1.807, 2.05) is 44.2 Å². The third-order valence-corrected chi connectivity index (χ3v) is 5.33. The maximum absolute atomic E-state index is 12.4. The fourth-order valence-corrected chi connectivity index (χ4v) is 3.40. The average Bonchev–Trinajstić information content (AvgIpc) is 2.64. The van der Waals surface area contributed by atoms with Crippen molar-refractivity contribution < 1.29 is 14.4 Å². The molecule has 4 N–H and O–H groups in total. The molecule has 0 aliphatic heterocycles. The molecular weight excluding hydrogens is 388 g/mol. The average molecular weight is 415 g/mol. The zero-order chi connectivity index (χ0) is 21.4. The van der Waals surface area contributed by atoms with Crippen LogP contribution in [0.5, 0.6) is 0 Å². The summed E-state index contributed by atoms with van der Waals surface area (Å²) in [6, 6.07) is 12.9. The summed E-state index contributed by atoms with van der Waals surface area (Å²) in [7, 11) is 1.70. The fourth-order valence-electron chi connectivity index (χ4n) is 2.66. The fraction of sp³-hybridized carbons (Fsp3) is 0.286. The molecule has 154 valence electrons. The summed E-state index contributed by atoms with van der Waals surface area (Å²) in [5.74, 6) is -0.734. The van der Waals surface area contributed by atoms with Gasteiger partial charge in [-0.25, -0.2) is 0 Å². The lowest BCUT2D eigenvalue weighted by molar-refractivity contribution is -0.119. The highest BCUT2D eigenvalue weighted by Gasteiger charge is 2.14. The van der Waals surface area contributed by atoms with Gasteiger partial charge in [-0.2, -0.15) is 0 Å². The number of nitrogens with two attached hydrogens (primary N) is 1. The summed E-state index contributed by atoms with van der Waals surface area (Å²) < 4.78 is 0. The Balaban J connectivity index is 1.88. The van der Waals surface area contributed by atoms with Crippen molar-refractivity contribution >= 4 is 40.9 Å². The van der Waals surface area contributed by atoms with Gasteiger partial charge in [-0.15, -0.1) is 11.8 Å². The highest BCUT2D eigenvalue weighted by atomic mass is 32.2. The minimum atomic E-state index is -0.425. The molecule has 0 atom stereocenters. The predicted octanol–water partition coefficient (Wildman–Crippen LogP) is 2.39. The van der Waals surface area contributed by atoms with Crippen LogP contribution in [0.15, 0.2) is 47.4 Å². The van der Waals surface area contributed by atoms with Crippen LogP contribution in [0.2, 0.25) is 0 Å². The van der Waals surface area contributed by atoms with Gasteiger partial charge >= 0.3 is 0 Å². The van der Waals surface area contributed by atoms with E-state index in [1.54, 1.807) is 24.1 Å². The second-order valence-corrected chi connectivity index (χ2v) is 7.78. The number of anilines is 2. The van der Waals surface area contributed by atoms with Gasteiger partial charge < -0.3 is 16.4 Å². The van der Waals surface area contributed by atoms with Crippen molar-refractivity contribution in [3.05, 3.63) is 53.6 Å². The second kappa shape index (κ2) is 10.6. The van der Waals surface area contributed by atoms with E-state index in [9.17, 15) is 14.4 Å². The summed E-state index contributed by atoms with van der Waals surface area (Å²) in [6.07, 6.45) is 0. The summed E-state index contributed by atoms with van der Waals surface area (Å²) in [5, 5.41) is 5.70. The van der Waals surface area contributed by atoms with E-state index >= 15 is 0 Å². The monoisotopic (exact) mass is 414 g/mol. The molecule has 0 heterocycles. The van der Waals surface area contributed by atoms with Crippen LogP contribution < -0.4 is 16.4 Å². The lowest BCUT2D eigenvalue weighted by atomic mass is 10.1. The number of carbonyl (C=O) groups excluding carboxylic acids is 3. The first-order valence-corrected chi connectivity index (χ1v) is 10.1. The second-order valence-electron chi connectivity index (χ2n) is 6.77. The van der Waals surface area contributed by atoms with Crippen LogP contribution in [-0.2, 0) is 14.4 Å². The Kier molecular flexibility index (Phi) is 8.23. The number of rotatable bonds is 9. The maximum Gasteiger partial charge on any atom is 0.238 e. The van der Waals surface area contributed by atoms with E-state index in [1.165, 1.54) is 11.8 Å². The maximum atomic E-state index is 12.4. The van der Waals surface area contributed by atoms with Crippen molar-refractivity contribution in [3.8, 4) is 0 Å². The van der Waals surface area contributed by atoms with Crippen molar-refractivity contribution in [1.82, 2.24) is 4.90 Å². The number of aryl methyl sites for hydroxylation is 1. The molecular formula is C21H26N4O3S. The number of likely N-dealkylation sites (N-methyl/N-ethyl adjacent to an activating group) is 1. The SMILES string of the molecule is Cc1cccc(NC(=O)CN(C)CC(=O)Nc2ccccc2SCC(N)=O)c1C. The van der Waals surface area contributed by atoms with Gasteiger partial charge in [-0.05, 0) is 50.2 Å². The minimum absolute atomic E-state index is 0.0506. The molecule has 0 aromatic heterocycles. The van der Waals surface area contributed by atoms with E-state index in [4.69, 9.17) is 5.73 Å². The van der Waals surface area contributed by atoms with Crippen molar-refractivity contribution in [2.45, 2.75) is 18.7 Å². The topological polar surface area (TPSA) is 105 Å². The third kappa shape index (κ3) is 7.24. The standard InChI is InChI=1S/C21H26N4O3S/c1-14-7-6-9-16(15(14)2)23-20(27)11-25(3)12-21(28)24-17-8-4-5-10-18(17)29-13-19(22)26/h4-10H,11-13H2,1-3H3,(H2,22,26)(H,23,27)(H,24,28). The number of nitrogens with one attached hydrogen (secondary N) is 2. The van der Waals surface area contributed by atoms with Crippen LogP contribution >= 0.6 is 11.8 Å². The first kappa shape index (κ1) is 22.4. The summed E-state index contributed by atoms with van der Waals surface area (Å²) in [6.45, 7) is 4.07. The van der Waals surface area contributed by atoms with Crippen molar-refractivity contribution in [3.63, 3.8) is 0 Å². The number of carbonyl (C=O) groups is 3. The number of amides is 3. The number of nitrogens with zero attached hydrogens (tertiary/aromatic N) is 1.